The van der Waals surface area contributed by atoms with Crippen molar-refractivity contribution in [2.24, 2.45) is 0 Å². The van der Waals surface area contributed by atoms with E-state index >= 15 is 0 Å². The van der Waals surface area contributed by atoms with Crippen LogP contribution in [0.3, 0.4) is 0 Å². The fourth-order valence-corrected chi connectivity index (χ4v) is 2.75. The molecule has 0 aromatic carbocycles. The number of hydrogen-bond acceptors (Lipinski definition) is 4. The summed E-state index contributed by atoms with van der Waals surface area (Å²) in [7, 11) is 0. The lowest BCUT2D eigenvalue weighted by molar-refractivity contribution is -0.0499. The molecule has 1 saturated heterocycles. The molecule has 1 aliphatic rings. The molecule has 0 aliphatic carbocycles. The first-order chi connectivity index (χ1) is 8.58. The Morgan fingerprint density at radius 3 is 2.78 bits per heavy atom. The molecule has 100 valence electrons. The van der Waals surface area contributed by atoms with Crippen LogP contribution in [0.2, 0.25) is 0 Å². The summed E-state index contributed by atoms with van der Waals surface area (Å²) in [5.41, 5.74) is 0. The molecule has 0 spiro atoms. The summed E-state index contributed by atoms with van der Waals surface area (Å²) < 4.78 is 28.9. The van der Waals surface area contributed by atoms with E-state index in [0.29, 0.717) is 13.1 Å². The number of hydrogen-bond donors (Lipinski definition) is 1. The van der Waals surface area contributed by atoms with E-state index < -0.39 is 6.61 Å². The molecule has 1 aliphatic heterocycles. The molecule has 0 saturated carbocycles. The third-order valence-electron chi connectivity index (χ3n) is 2.64. The van der Waals surface area contributed by atoms with Gasteiger partial charge in [-0.2, -0.15) is 8.78 Å². The monoisotopic (exact) mass is 276 g/mol. The molecule has 1 amide bonds. The quantitative estimate of drug-likeness (QED) is 0.913. The van der Waals surface area contributed by atoms with Crippen LogP contribution in [0.15, 0.2) is 6.07 Å². The van der Waals surface area contributed by atoms with Crippen LogP contribution in [0.25, 0.3) is 0 Å². The van der Waals surface area contributed by atoms with Gasteiger partial charge < -0.3 is 15.0 Å². The van der Waals surface area contributed by atoms with Crippen molar-refractivity contribution in [1.29, 1.82) is 0 Å². The molecule has 18 heavy (non-hydrogen) atoms. The molecule has 7 heteroatoms. The maximum Gasteiger partial charge on any atom is 0.387 e. The van der Waals surface area contributed by atoms with E-state index in [-0.39, 0.29) is 16.5 Å². The zero-order valence-corrected chi connectivity index (χ0v) is 10.7. The first-order valence-electron chi connectivity index (χ1n) is 5.63. The molecule has 1 aromatic heterocycles. The number of halogens is 2. The third-order valence-corrected chi connectivity index (χ3v) is 3.66. The Bertz CT molecular complexity index is 431. The van der Waals surface area contributed by atoms with E-state index in [1.165, 1.54) is 17.4 Å². The van der Waals surface area contributed by atoms with Crippen molar-refractivity contribution in [3.63, 3.8) is 0 Å². The highest BCUT2D eigenvalue weighted by molar-refractivity contribution is 7.14. The molecule has 0 atom stereocenters. The molecule has 0 bridgehead atoms. The fraction of sp³-hybridized carbons (Fsp3) is 0.545. The van der Waals surface area contributed by atoms with Crippen molar-refractivity contribution >= 4 is 17.2 Å². The SMILES string of the molecule is Cc1cc(OC(F)F)c(C(=O)N2CCNCC2)s1. The maximum absolute atomic E-state index is 12.3. The van der Waals surface area contributed by atoms with E-state index in [1.807, 2.05) is 0 Å². The van der Waals surface area contributed by atoms with E-state index in [4.69, 9.17) is 0 Å². The predicted molar refractivity (Wildman–Crippen MR) is 64.5 cm³/mol. The van der Waals surface area contributed by atoms with Crippen LogP contribution in [0.5, 0.6) is 5.75 Å². The molecule has 4 nitrogen and oxygen atoms in total. The van der Waals surface area contributed by atoms with Gasteiger partial charge in [0.25, 0.3) is 5.91 Å². The van der Waals surface area contributed by atoms with Gasteiger partial charge in [-0.25, -0.2) is 0 Å². The van der Waals surface area contributed by atoms with Gasteiger partial charge in [-0.3, -0.25) is 4.79 Å². The van der Waals surface area contributed by atoms with Crippen LogP contribution in [-0.4, -0.2) is 43.6 Å². The first-order valence-corrected chi connectivity index (χ1v) is 6.45. The standard InChI is InChI=1S/C11H14F2N2O2S/c1-7-6-8(17-11(12)13)9(18-7)10(16)15-4-2-14-3-5-15/h6,11,14H,2-5H2,1H3. The van der Waals surface area contributed by atoms with Crippen molar-refractivity contribution in [3.05, 3.63) is 15.8 Å². The van der Waals surface area contributed by atoms with Gasteiger partial charge in [0.15, 0.2) is 0 Å². The number of aryl methyl sites for hydroxylation is 1. The lowest BCUT2D eigenvalue weighted by atomic mass is 10.3. The molecular weight excluding hydrogens is 262 g/mol. The number of carbonyl (C=O) groups excluding carboxylic acids is 1. The highest BCUT2D eigenvalue weighted by Gasteiger charge is 2.24. The summed E-state index contributed by atoms with van der Waals surface area (Å²) in [4.78, 5) is 14.9. The molecule has 1 fully saturated rings. The van der Waals surface area contributed by atoms with Crippen LogP contribution in [0.4, 0.5) is 8.78 Å². The average molecular weight is 276 g/mol. The Kier molecular flexibility index (Phi) is 4.13. The van der Waals surface area contributed by atoms with Crippen LogP contribution < -0.4 is 10.1 Å². The minimum atomic E-state index is -2.91. The Hall–Kier alpha value is -1.21. The van der Waals surface area contributed by atoms with Gasteiger partial charge >= 0.3 is 6.61 Å². The minimum absolute atomic E-state index is 0.0176. The zero-order valence-electron chi connectivity index (χ0n) is 9.91. The van der Waals surface area contributed by atoms with Crippen molar-refractivity contribution in [1.82, 2.24) is 10.2 Å². The predicted octanol–water partition coefficient (Wildman–Crippen LogP) is 1.70. The van der Waals surface area contributed by atoms with Crippen LogP contribution in [-0.2, 0) is 0 Å². The fourth-order valence-electron chi connectivity index (χ4n) is 1.84. The van der Waals surface area contributed by atoms with Gasteiger partial charge in [-0.15, -0.1) is 11.3 Å². The smallest absolute Gasteiger partial charge is 0.387 e. The second-order valence-electron chi connectivity index (χ2n) is 3.97. The summed E-state index contributed by atoms with van der Waals surface area (Å²) in [5, 5.41) is 3.13. The van der Waals surface area contributed by atoms with Gasteiger partial charge in [-0.05, 0) is 13.0 Å². The van der Waals surface area contributed by atoms with Gasteiger partial charge in [0.05, 0.1) is 0 Å². The lowest BCUT2D eigenvalue weighted by Crippen LogP contribution is -2.46. The van der Waals surface area contributed by atoms with Gasteiger partial charge in [0, 0.05) is 31.1 Å². The largest absolute Gasteiger partial charge is 0.433 e. The Labute approximate surface area is 108 Å². The van der Waals surface area contributed by atoms with E-state index in [1.54, 1.807) is 11.8 Å². The highest BCUT2D eigenvalue weighted by atomic mass is 32.1. The third kappa shape index (κ3) is 2.97. The molecule has 1 N–H and O–H groups in total. The van der Waals surface area contributed by atoms with Crippen molar-refractivity contribution in [3.8, 4) is 5.75 Å². The highest BCUT2D eigenvalue weighted by Crippen LogP contribution is 2.31. The summed E-state index contributed by atoms with van der Waals surface area (Å²) >= 11 is 1.19. The second-order valence-corrected chi connectivity index (χ2v) is 5.23. The number of amides is 1. The average Bonchev–Trinajstić information content (AvgIpc) is 2.69. The lowest BCUT2D eigenvalue weighted by Gasteiger charge is -2.27. The molecular formula is C11H14F2N2O2S. The second kappa shape index (κ2) is 5.62. The van der Waals surface area contributed by atoms with E-state index in [2.05, 4.69) is 10.1 Å². The number of nitrogens with one attached hydrogen (secondary N) is 1. The normalized spacial score (nSPS) is 16.1. The number of rotatable bonds is 3. The first kappa shape index (κ1) is 13.2. The Morgan fingerprint density at radius 1 is 1.50 bits per heavy atom. The zero-order chi connectivity index (χ0) is 13.1. The number of alkyl halides is 2. The van der Waals surface area contributed by atoms with Crippen molar-refractivity contribution in [2.75, 3.05) is 26.2 Å². The van der Waals surface area contributed by atoms with Gasteiger partial charge in [0.2, 0.25) is 0 Å². The summed E-state index contributed by atoms with van der Waals surface area (Å²) in [5.74, 6) is -0.249. The summed E-state index contributed by atoms with van der Waals surface area (Å²) in [6.07, 6.45) is 0. The van der Waals surface area contributed by atoms with Crippen molar-refractivity contribution in [2.45, 2.75) is 13.5 Å². The van der Waals surface area contributed by atoms with Gasteiger partial charge in [0.1, 0.15) is 10.6 Å². The van der Waals surface area contributed by atoms with Crippen molar-refractivity contribution < 1.29 is 18.3 Å². The Morgan fingerprint density at radius 2 is 2.17 bits per heavy atom. The minimum Gasteiger partial charge on any atom is -0.433 e. The summed E-state index contributed by atoms with van der Waals surface area (Å²) in [6, 6.07) is 1.48. The van der Waals surface area contributed by atoms with E-state index in [9.17, 15) is 13.6 Å². The molecule has 0 unspecified atom stereocenters. The molecule has 1 aromatic rings. The number of nitrogens with zero attached hydrogens (tertiary/aromatic N) is 1. The summed E-state index contributed by atoms with van der Waals surface area (Å²) in [6.45, 7) is 1.47. The number of thiophene rings is 1. The number of ether oxygens (including phenoxy) is 1. The molecule has 0 radical (unpaired) electrons. The topological polar surface area (TPSA) is 41.6 Å². The molecule has 2 heterocycles. The van der Waals surface area contributed by atoms with E-state index in [0.717, 1.165) is 18.0 Å². The number of carbonyl (C=O) groups is 1. The molecule has 2 rings (SSSR count). The van der Waals surface area contributed by atoms with Crippen LogP contribution >= 0.6 is 11.3 Å². The van der Waals surface area contributed by atoms with Gasteiger partial charge in [-0.1, -0.05) is 0 Å². The Balaban J connectivity index is 2.17. The van der Waals surface area contributed by atoms with Crippen LogP contribution in [0.1, 0.15) is 14.5 Å². The maximum atomic E-state index is 12.3. The number of piperazine rings is 1. The van der Waals surface area contributed by atoms with Crippen LogP contribution in [0, 0.1) is 6.92 Å².